The monoisotopic (exact) mass is 397 g/mol. The van der Waals surface area contributed by atoms with Crippen LogP contribution in [0.15, 0.2) is 53.1 Å². The molecule has 0 saturated carbocycles. The van der Waals surface area contributed by atoms with Crippen LogP contribution in [-0.4, -0.2) is 16.4 Å². The second-order valence-electron chi connectivity index (χ2n) is 5.60. The van der Waals surface area contributed by atoms with Crippen molar-refractivity contribution in [3.8, 4) is 0 Å². The summed E-state index contributed by atoms with van der Waals surface area (Å²) < 4.78 is 39.5. The van der Waals surface area contributed by atoms with Gasteiger partial charge >= 0.3 is 6.18 Å². The predicted molar refractivity (Wildman–Crippen MR) is 90.5 cm³/mol. The van der Waals surface area contributed by atoms with E-state index in [1.807, 2.05) is 18.2 Å². The molecule has 2 N–H and O–H groups in total. The zero-order chi connectivity index (χ0) is 17.2. The Bertz CT molecular complexity index is 812. The van der Waals surface area contributed by atoms with Crippen LogP contribution in [0.2, 0.25) is 0 Å². The molecule has 7 heteroatoms. The lowest BCUT2D eigenvalue weighted by atomic mass is 10.0. The summed E-state index contributed by atoms with van der Waals surface area (Å²) in [5.74, 6) is 0. The van der Waals surface area contributed by atoms with Gasteiger partial charge in [0.2, 0.25) is 0 Å². The number of nitrogens with one attached hydrogen (secondary N) is 2. The molecule has 0 aliphatic heterocycles. The molecule has 24 heavy (non-hydrogen) atoms. The summed E-state index contributed by atoms with van der Waals surface area (Å²) in [7, 11) is 0. The van der Waals surface area contributed by atoms with Crippen LogP contribution in [-0.2, 0) is 6.54 Å². The van der Waals surface area contributed by atoms with Gasteiger partial charge in [-0.2, -0.15) is 18.3 Å². The van der Waals surface area contributed by atoms with Crippen molar-refractivity contribution in [1.82, 2.24) is 15.5 Å². The Kier molecular flexibility index (Phi) is 4.91. The van der Waals surface area contributed by atoms with Gasteiger partial charge in [-0.15, -0.1) is 0 Å². The molecule has 3 nitrogen and oxygen atoms in total. The van der Waals surface area contributed by atoms with E-state index in [4.69, 9.17) is 0 Å². The molecule has 0 aliphatic carbocycles. The Hall–Kier alpha value is -1.86. The molecular weight excluding hydrogens is 383 g/mol. The second-order valence-corrected chi connectivity index (χ2v) is 6.51. The first kappa shape index (κ1) is 17.0. The third kappa shape index (κ3) is 4.36. The van der Waals surface area contributed by atoms with E-state index in [1.54, 1.807) is 30.5 Å². The van der Waals surface area contributed by atoms with Gasteiger partial charge in [0, 0.05) is 22.4 Å². The van der Waals surface area contributed by atoms with E-state index in [2.05, 4.69) is 31.4 Å². The first-order valence-corrected chi connectivity index (χ1v) is 8.18. The smallest absolute Gasteiger partial charge is 0.306 e. The van der Waals surface area contributed by atoms with Crippen LogP contribution in [0.3, 0.4) is 0 Å². The zero-order valence-electron chi connectivity index (χ0n) is 12.6. The van der Waals surface area contributed by atoms with E-state index in [0.717, 1.165) is 20.9 Å². The summed E-state index contributed by atoms with van der Waals surface area (Å²) in [5, 5.41) is 10.8. The van der Waals surface area contributed by atoms with E-state index in [0.29, 0.717) is 12.1 Å². The SMILES string of the molecule is FC(F)(F)C[C@@H](NCc1ccc2cn[nH]c2c1)c1ccc(Br)cc1. The van der Waals surface area contributed by atoms with Gasteiger partial charge in [-0.25, -0.2) is 0 Å². The Morgan fingerprint density at radius 1 is 1.12 bits per heavy atom. The molecule has 0 unspecified atom stereocenters. The molecule has 1 aromatic heterocycles. The van der Waals surface area contributed by atoms with Crippen molar-refractivity contribution in [3.05, 3.63) is 64.3 Å². The number of hydrogen-bond acceptors (Lipinski definition) is 2. The van der Waals surface area contributed by atoms with Gasteiger partial charge in [-0.3, -0.25) is 5.10 Å². The number of H-pyrrole nitrogens is 1. The summed E-state index contributed by atoms with van der Waals surface area (Å²) in [4.78, 5) is 0. The van der Waals surface area contributed by atoms with Gasteiger partial charge in [0.15, 0.2) is 0 Å². The van der Waals surface area contributed by atoms with E-state index >= 15 is 0 Å². The summed E-state index contributed by atoms with van der Waals surface area (Å²) in [5.41, 5.74) is 2.37. The Balaban J connectivity index is 1.76. The third-order valence-electron chi connectivity index (χ3n) is 3.77. The molecule has 0 aliphatic rings. The fourth-order valence-electron chi connectivity index (χ4n) is 2.57. The molecule has 126 valence electrons. The number of benzene rings is 2. The summed E-state index contributed by atoms with van der Waals surface area (Å²) in [6.07, 6.45) is -3.44. The Morgan fingerprint density at radius 2 is 1.88 bits per heavy atom. The largest absolute Gasteiger partial charge is 0.390 e. The number of nitrogens with zero attached hydrogens (tertiary/aromatic N) is 1. The lowest BCUT2D eigenvalue weighted by Gasteiger charge is -2.21. The van der Waals surface area contributed by atoms with Gasteiger partial charge in [0.25, 0.3) is 0 Å². The summed E-state index contributed by atoms with van der Waals surface area (Å²) in [6.45, 7) is 0.339. The van der Waals surface area contributed by atoms with Crippen molar-refractivity contribution < 1.29 is 13.2 Å². The molecule has 0 saturated heterocycles. The Labute approximate surface area is 145 Å². The molecule has 3 aromatic rings. The molecule has 0 bridgehead atoms. The molecule has 0 radical (unpaired) electrons. The molecule has 3 rings (SSSR count). The van der Waals surface area contributed by atoms with Crippen LogP contribution in [0.4, 0.5) is 13.2 Å². The maximum Gasteiger partial charge on any atom is 0.390 e. The highest BCUT2D eigenvalue weighted by Gasteiger charge is 2.32. The highest BCUT2D eigenvalue weighted by atomic mass is 79.9. The number of halogens is 4. The van der Waals surface area contributed by atoms with Crippen molar-refractivity contribution in [2.24, 2.45) is 0 Å². The lowest BCUT2D eigenvalue weighted by Crippen LogP contribution is -2.26. The molecule has 0 spiro atoms. The van der Waals surface area contributed by atoms with Crippen molar-refractivity contribution in [2.75, 3.05) is 0 Å². The standard InChI is InChI=1S/C17H15BrF3N3/c18-14-5-3-12(4-6-14)16(8-17(19,20)21)22-9-11-1-2-13-10-23-24-15(13)7-11/h1-7,10,16,22H,8-9H2,(H,23,24)/t16-/m1/s1. The van der Waals surface area contributed by atoms with Crippen LogP contribution < -0.4 is 5.32 Å². The van der Waals surface area contributed by atoms with Crippen LogP contribution in [0.5, 0.6) is 0 Å². The predicted octanol–water partition coefficient (Wildman–Crippen LogP) is 5.11. The van der Waals surface area contributed by atoms with Gasteiger partial charge in [-0.05, 0) is 29.3 Å². The van der Waals surface area contributed by atoms with Crippen molar-refractivity contribution in [3.63, 3.8) is 0 Å². The first-order chi connectivity index (χ1) is 11.4. The van der Waals surface area contributed by atoms with Crippen LogP contribution >= 0.6 is 15.9 Å². The van der Waals surface area contributed by atoms with Crippen molar-refractivity contribution >= 4 is 26.8 Å². The number of alkyl halides is 3. The number of aromatic nitrogens is 2. The molecule has 1 atom stereocenters. The number of rotatable bonds is 5. The molecule has 2 aromatic carbocycles. The van der Waals surface area contributed by atoms with Gasteiger partial charge in [0.1, 0.15) is 0 Å². The minimum absolute atomic E-state index is 0.339. The van der Waals surface area contributed by atoms with E-state index < -0.39 is 18.6 Å². The van der Waals surface area contributed by atoms with Gasteiger partial charge in [-0.1, -0.05) is 40.2 Å². The maximum absolute atomic E-state index is 12.9. The van der Waals surface area contributed by atoms with Crippen LogP contribution in [0, 0.1) is 0 Å². The van der Waals surface area contributed by atoms with Gasteiger partial charge in [0.05, 0.1) is 18.1 Å². The quantitative estimate of drug-likeness (QED) is 0.627. The third-order valence-corrected chi connectivity index (χ3v) is 4.30. The molecule has 1 heterocycles. The highest BCUT2D eigenvalue weighted by Crippen LogP contribution is 2.30. The summed E-state index contributed by atoms with van der Waals surface area (Å²) >= 11 is 3.30. The first-order valence-electron chi connectivity index (χ1n) is 7.38. The summed E-state index contributed by atoms with van der Waals surface area (Å²) in [6, 6.07) is 11.8. The average Bonchev–Trinajstić information content (AvgIpc) is 2.99. The second kappa shape index (κ2) is 6.94. The normalized spacial score (nSPS) is 13.3. The number of aromatic amines is 1. The fourth-order valence-corrected chi connectivity index (χ4v) is 2.83. The molecule has 0 fully saturated rings. The van der Waals surface area contributed by atoms with Crippen LogP contribution in [0.1, 0.15) is 23.6 Å². The number of hydrogen-bond donors (Lipinski definition) is 2. The molecule has 0 amide bonds. The van der Waals surface area contributed by atoms with E-state index in [1.165, 1.54) is 0 Å². The Morgan fingerprint density at radius 3 is 2.58 bits per heavy atom. The fraction of sp³-hybridized carbons (Fsp3) is 0.235. The zero-order valence-corrected chi connectivity index (χ0v) is 14.2. The minimum Gasteiger partial charge on any atom is -0.306 e. The van der Waals surface area contributed by atoms with Crippen molar-refractivity contribution in [1.29, 1.82) is 0 Å². The van der Waals surface area contributed by atoms with E-state index in [9.17, 15) is 13.2 Å². The average molecular weight is 398 g/mol. The van der Waals surface area contributed by atoms with Crippen molar-refractivity contribution in [2.45, 2.75) is 25.2 Å². The van der Waals surface area contributed by atoms with E-state index in [-0.39, 0.29) is 0 Å². The van der Waals surface area contributed by atoms with Gasteiger partial charge < -0.3 is 5.32 Å². The lowest BCUT2D eigenvalue weighted by molar-refractivity contribution is -0.140. The topological polar surface area (TPSA) is 40.7 Å². The highest BCUT2D eigenvalue weighted by molar-refractivity contribution is 9.10. The molecular formula is C17H15BrF3N3. The van der Waals surface area contributed by atoms with Crippen LogP contribution in [0.25, 0.3) is 10.9 Å². The number of fused-ring (bicyclic) bond motifs is 1. The minimum atomic E-state index is -4.24. The maximum atomic E-state index is 12.9.